The molecule has 3 rings (SSSR count). The maximum Gasteiger partial charge on any atom is 0.265 e. The Hall–Kier alpha value is -3.13. The number of nitrogens with zero attached hydrogens (tertiary/aromatic N) is 1. The van der Waals surface area contributed by atoms with Gasteiger partial charge in [-0.3, -0.25) is 4.79 Å². The smallest absolute Gasteiger partial charge is 0.265 e. The largest absolute Gasteiger partial charge is 0.364 e. The lowest BCUT2D eigenvalue weighted by molar-refractivity contribution is 0.0996. The van der Waals surface area contributed by atoms with Gasteiger partial charge in [-0.2, -0.15) is 5.26 Å². The van der Waals surface area contributed by atoms with Gasteiger partial charge in [-0.05, 0) is 47.9 Å². The zero-order chi connectivity index (χ0) is 15.7. The molecule has 3 aromatic rings. The van der Waals surface area contributed by atoms with Crippen LogP contribution in [0.2, 0.25) is 0 Å². The van der Waals surface area contributed by atoms with Crippen LogP contribution in [0.25, 0.3) is 10.9 Å². The van der Waals surface area contributed by atoms with Crippen molar-refractivity contribution >= 4 is 16.8 Å². The number of nitrogens with two attached hydrogens (primary N) is 1. The van der Waals surface area contributed by atoms with E-state index in [1.54, 1.807) is 30.3 Å². The molecule has 0 bridgehead atoms. The van der Waals surface area contributed by atoms with Crippen molar-refractivity contribution in [3.63, 3.8) is 0 Å². The molecule has 2 aromatic carbocycles. The number of halogens is 1. The lowest BCUT2D eigenvalue weighted by atomic mass is 10.0. The molecule has 1 amide bonds. The Bertz CT molecular complexity index is 904. The molecule has 0 aliphatic rings. The third-order valence-electron chi connectivity index (χ3n) is 3.51. The minimum atomic E-state index is -0.553. The van der Waals surface area contributed by atoms with E-state index >= 15 is 0 Å². The van der Waals surface area contributed by atoms with E-state index in [1.165, 1.54) is 12.1 Å². The maximum absolute atomic E-state index is 13.0. The lowest BCUT2D eigenvalue weighted by Crippen LogP contribution is -2.10. The summed E-state index contributed by atoms with van der Waals surface area (Å²) in [7, 11) is 0. The molecule has 0 radical (unpaired) electrons. The van der Waals surface area contributed by atoms with Crippen LogP contribution in [0.1, 0.15) is 27.2 Å². The van der Waals surface area contributed by atoms with Crippen LogP contribution in [0.5, 0.6) is 0 Å². The molecule has 0 atom stereocenters. The van der Waals surface area contributed by atoms with Crippen molar-refractivity contribution in [3.05, 3.63) is 70.7 Å². The average Bonchev–Trinajstić information content (AvgIpc) is 2.94. The molecular formula is C17H12FN3O. The van der Waals surface area contributed by atoms with Crippen LogP contribution >= 0.6 is 0 Å². The van der Waals surface area contributed by atoms with Crippen molar-refractivity contribution in [1.82, 2.24) is 4.98 Å². The Morgan fingerprint density at radius 2 is 1.95 bits per heavy atom. The van der Waals surface area contributed by atoms with Gasteiger partial charge >= 0.3 is 0 Å². The van der Waals surface area contributed by atoms with Gasteiger partial charge in [-0.25, -0.2) is 4.39 Å². The number of carbonyl (C=O) groups excluding carboxylic acids is 1. The van der Waals surface area contributed by atoms with E-state index in [2.05, 4.69) is 11.1 Å². The van der Waals surface area contributed by atoms with Gasteiger partial charge in [0.25, 0.3) is 5.91 Å². The Morgan fingerprint density at radius 1 is 1.23 bits per heavy atom. The molecule has 0 aliphatic heterocycles. The highest BCUT2D eigenvalue weighted by Gasteiger charge is 2.11. The predicted octanol–water partition coefficient (Wildman–Crippen LogP) is 2.87. The SMILES string of the molecule is N#Cc1cc(Cc2ccc(F)cc2)c2[nH]c(C(N)=O)cc2c1. The number of nitriles is 1. The number of nitrogens with one attached hydrogen (secondary N) is 1. The first-order valence-electron chi connectivity index (χ1n) is 6.67. The van der Waals surface area contributed by atoms with Crippen molar-refractivity contribution in [2.24, 2.45) is 5.73 Å². The molecule has 0 aliphatic carbocycles. The van der Waals surface area contributed by atoms with Crippen molar-refractivity contribution in [3.8, 4) is 6.07 Å². The fourth-order valence-electron chi connectivity index (χ4n) is 2.48. The van der Waals surface area contributed by atoms with Crippen LogP contribution in [-0.2, 0) is 6.42 Å². The number of benzene rings is 2. The normalized spacial score (nSPS) is 10.5. The summed E-state index contributed by atoms with van der Waals surface area (Å²) in [5.74, 6) is -0.849. The van der Waals surface area contributed by atoms with E-state index in [0.717, 1.165) is 22.0 Å². The minimum absolute atomic E-state index is 0.296. The second-order valence-corrected chi connectivity index (χ2v) is 5.06. The molecule has 4 nitrogen and oxygen atoms in total. The van der Waals surface area contributed by atoms with Gasteiger partial charge in [0.2, 0.25) is 0 Å². The molecule has 0 spiro atoms. The Balaban J connectivity index is 2.12. The van der Waals surface area contributed by atoms with Gasteiger partial charge in [0.1, 0.15) is 11.5 Å². The van der Waals surface area contributed by atoms with Crippen molar-refractivity contribution < 1.29 is 9.18 Å². The van der Waals surface area contributed by atoms with Gasteiger partial charge in [0.05, 0.1) is 11.6 Å². The number of hydrogen-bond acceptors (Lipinski definition) is 2. The molecule has 1 heterocycles. The van der Waals surface area contributed by atoms with Gasteiger partial charge in [0, 0.05) is 10.9 Å². The Morgan fingerprint density at radius 3 is 2.59 bits per heavy atom. The summed E-state index contributed by atoms with van der Waals surface area (Å²) in [4.78, 5) is 14.3. The van der Waals surface area contributed by atoms with Crippen LogP contribution in [0, 0.1) is 17.1 Å². The Labute approximate surface area is 126 Å². The summed E-state index contributed by atoms with van der Waals surface area (Å²) in [6.07, 6.45) is 0.519. The fraction of sp³-hybridized carbons (Fsp3) is 0.0588. The number of aromatic amines is 1. The van der Waals surface area contributed by atoms with E-state index in [-0.39, 0.29) is 5.82 Å². The number of carbonyl (C=O) groups is 1. The topological polar surface area (TPSA) is 82.7 Å². The highest BCUT2D eigenvalue weighted by molar-refractivity contribution is 5.98. The van der Waals surface area contributed by atoms with Gasteiger partial charge in [-0.1, -0.05) is 12.1 Å². The predicted molar refractivity (Wildman–Crippen MR) is 80.7 cm³/mol. The molecule has 3 N–H and O–H groups in total. The minimum Gasteiger partial charge on any atom is -0.364 e. The van der Waals surface area contributed by atoms with Crippen molar-refractivity contribution in [2.75, 3.05) is 0 Å². The van der Waals surface area contributed by atoms with Crippen molar-refractivity contribution in [1.29, 1.82) is 5.26 Å². The number of fused-ring (bicyclic) bond motifs is 1. The van der Waals surface area contributed by atoms with Crippen LogP contribution in [0.3, 0.4) is 0 Å². The Kier molecular flexibility index (Phi) is 3.36. The van der Waals surface area contributed by atoms with Crippen LogP contribution in [0.4, 0.5) is 4.39 Å². The molecule has 1 aromatic heterocycles. The third kappa shape index (κ3) is 2.54. The van der Waals surface area contributed by atoms with E-state index in [0.29, 0.717) is 17.7 Å². The summed E-state index contributed by atoms with van der Waals surface area (Å²) in [5.41, 5.74) is 8.61. The molecule has 0 fully saturated rings. The molecule has 0 saturated heterocycles. The molecule has 22 heavy (non-hydrogen) atoms. The second-order valence-electron chi connectivity index (χ2n) is 5.06. The first kappa shape index (κ1) is 13.8. The van der Waals surface area contributed by atoms with E-state index in [9.17, 15) is 9.18 Å². The molecule has 108 valence electrons. The number of aromatic nitrogens is 1. The van der Waals surface area contributed by atoms with Crippen molar-refractivity contribution in [2.45, 2.75) is 6.42 Å². The van der Waals surface area contributed by atoms with E-state index in [4.69, 9.17) is 11.0 Å². The molecule has 5 heteroatoms. The van der Waals surface area contributed by atoms with E-state index < -0.39 is 5.91 Å². The lowest BCUT2D eigenvalue weighted by Gasteiger charge is -2.05. The summed E-state index contributed by atoms with van der Waals surface area (Å²) in [5, 5.41) is 9.89. The zero-order valence-electron chi connectivity index (χ0n) is 11.6. The molecular weight excluding hydrogens is 281 g/mol. The number of hydrogen-bond donors (Lipinski definition) is 2. The first-order valence-corrected chi connectivity index (χ1v) is 6.67. The van der Waals surface area contributed by atoms with Gasteiger partial charge < -0.3 is 10.7 Å². The van der Waals surface area contributed by atoms with Crippen LogP contribution in [-0.4, -0.2) is 10.9 Å². The van der Waals surface area contributed by atoms with Gasteiger partial charge in [0.15, 0.2) is 0 Å². The van der Waals surface area contributed by atoms with E-state index in [1.807, 2.05) is 0 Å². The third-order valence-corrected chi connectivity index (χ3v) is 3.51. The van der Waals surface area contributed by atoms with Gasteiger partial charge in [-0.15, -0.1) is 0 Å². The summed E-state index contributed by atoms with van der Waals surface area (Å²) < 4.78 is 13.0. The fourth-order valence-corrected chi connectivity index (χ4v) is 2.48. The molecule has 0 saturated carbocycles. The zero-order valence-corrected chi connectivity index (χ0v) is 11.6. The number of amides is 1. The number of H-pyrrole nitrogens is 1. The monoisotopic (exact) mass is 293 g/mol. The number of primary amides is 1. The summed E-state index contributed by atoms with van der Waals surface area (Å²) >= 11 is 0. The summed E-state index contributed by atoms with van der Waals surface area (Å²) in [6, 6.07) is 13.4. The second kappa shape index (κ2) is 5.34. The quantitative estimate of drug-likeness (QED) is 0.778. The summed E-state index contributed by atoms with van der Waals surface area (Å²) in [6.45, 7) is 0. The van der Waals surface area contributed by atoms with Crippen LogP contribution < -0.4 is 5.73 Å². The standard InChI is InChI=1S/C17H12FN3O/c18-14-3-1-10(2-4-14)5-12-6-11(9-19)7-13-8-15(17(20)22)21-16(12)13/h1-4,6-8,21H,5H2,(H2,20,22). The van der Waals surface area contributed by atoms with Crippen LogP contribution in [0.15, 0.2) is 42.5 Å². The number of rotatable bonds is 3. The highest BCUT2D eigenvalue weighted by atomic mass is 19.1. The highest BCUT2D eigenvalue weighted by Crippen LogP contribution is 2.24. The molecule has 0 unspecified atom stereocenters. The average molecular weight is 293 g/mol. The first-order chi connectivity index (χ1) is 10.6. The maximum atomic E-state index is 13.0.